The van der Waals surface area contributed by atoms with E-state index in [9.17, 15) is 30.6 Å². The van der Waals surface area contributed by atoms with Crippen molar-refractivity contribution in [3.8, 4) is 0 Å². The molecular formula is C24H32O6. The highest BCUT2D eigenvalue weighted by atomic mass is 16.3. The topological polar surface area (TPSA) is 121 Å². The lowest BCUT2D eigenvalue weighted by molar-refractivity contribution is 0.0521. The third-order valence-electron chi connectivity index (χ3n) is 7.17. The molecular weight excluding hydrogens is 384 g/mol. The fraction of sp³-hybridized carbons (Fsp3) is 0.500. The van der Waals surface area contributed by atoms with Crippen LogP contribution in [0.4, 0.5) is 0 Å². The van der Waals surface area contributed by atoms with Gasteiger partial charge in [-0.3, -0.25) is 0 Å². The van der Waals surface area contributed by atoms with Gasteiger partial charge in [0, 0.05) is 35.9 Å². The van der Waals surface area contributed by atoms with E-state index in [1.807, 2.05) is 48.5 Å². The summed E-state index contributed by atoms with van der Waals surface area (Å²) in [5.74, 6) is -0.158. The van der Waals surface area contributed by atoms with Crippen LogP contribution in [0.1, 0.15) is 22.3 Å². The van der Waals surface area contributed by atoms with Gasteiger partial charge in [-0.2, -0.15) is 0 Å². The summed E-state index contributed by atoms with van der Waals surface area (Å²) in [5, 5.41) is 56.6. The summed E-state index contributed by atoms with van der Waals surface area (Å²) < 4.78 is 0. The normalized spacial score (nSPS) is 22.7. The van der Waals surface area contributed by atoms with Crippen molar-refractivity contribution < 1.29 is 30.6 Å². The minimum absolute atomic E-state index is 0.00417. The van der Waals surface area contributed by atoms with Crippen molar-refractivity contribution in [1.82, 2.24) is 0 Å². The van der Waals surface area contributed by atoms with E-state index in [1.165, 1.54) is 0 Å². The van der Waals surface area contributed by atoms with Gasteiger partial charge in [0.2, 0.25) is 0 Å². The molecule has 6 N–H and O–H groups in total. The summed E-state index contributed by atoms with van der Waals surface area (Å²) in [5.41, 5.74) is 2.89. The molecule has 6 heteroatoms. The average Bonchev–Trinajstić information content (AvgIpc) is 3.31. The molecule has 2 aliphatic carbocycles. The minimum atomic E-state index is -0.661. The van der Waals surface area contributed by atoms with Crippen molar-refractivity contribution in [2.24, 2.45) is 11.8 Å². The van der Waals surface area contributed by atoms with E-state index < -0.39 is 10.8 Å². The summed E-state index contributed by atoms with van der Waals surface area (Å²) in [6.07, 6.45) is 1.46. The van der Waals surface area contributed by atoms with Crippen molar-refractivity contribution in [2.45, 2.75) is 23.7 Å². The molecule has 4 rings (SSSR count). The van der Waals surface area contributed by atoms with Crippen LogP contribution in [0.2, 0.25) is 0 Å². The quantitative estimate of drug-likeness (QED) is 0.399. The van der Waals surface area contributed by atoms with Crippen molar-refractivity contribution in [3.05, 3.63) is 70.8 Å². The zero-order valence-corrected chi connectivity index (χ0v) is 17.1. The third kappa shape index (κ3) is 3.58. The lowest BCUT2D eigenvalue weighted by Gasteiger charge is -2.31. The van der Waals surface area contributed by atoms with Gasteiger partial charge in [-0.1, -0.05) is 48.5 Å². The Morgan fingerprint density at radius 1 is 0.567 bits per heavy atom. The predicted octanol–water partition coefficient (Wildman–Crippen LogP) is 0.147. The molecule has 0 aromatic heterocycles. The lowest BCUT2D eigenvalue weighted by atomic mass is 9.76. The monoisotopic (exact) mass is 416 g/mol. The number of hydrogen-bond donors (Lipinski definition) is 6. The van der Waals surface area contributed by atoms with Crippen LogP contribution in [0.15, 0.2) is 48.5 Å². The Bertz CT molecular complexity index is 758. The maximum atomic E-state index is 9.49. The van der Waals surface area contributed by atoms with E-state index in [2.05, 4.69) is 0 Å². The van der Waals surface area contributed by atoms with E-state index in [0.29, 0.717) is 0 Å². The van der Waals surface area contributed by atoms with E-state index >= 15 is 0 Å². The number of aliphatic hydroxyl groups excluding tert-OH is 6. The zero-order valence-electron chi connectivity index (χ0n) is 17.1. The highest BCUT2D eigenvalue weighted by Gasteiger charge is 2.46. The molecule has 0 bridgehead atoms. The Balaban J connectivity index is 0.000000171. The fourth-order valence-corrected chi connectivity index (χ4v) is 5.17. The molecule has 0 saturated carbocycles. The van der Waals surface area contributed by atoms with E-state index in [1.54, 1.807) is 0 Å². The maximum absolute atomic E-state index is 9.49. The maximum Gasteiger partial charge on any atom is 0.0553 e. The Morgan fingerprint density at radius 3 is 1.20 bits per heavy atom. The highest BCUT2D eigenvalue weighted by molar-refractivity contribution is 5.42. The van der Waals surface area contributed by atoms with Gasteiger partial charge in [0.05, 0.1) is 26.4 Å². The number of rotatable bonds is 6. The van der Waals surface area contributed by atoms with Gasteiger partial charge < -0.3 is 30.6 Å². The first-order chi connectivity index (χ1) is 14.6. The molecule has 0 aliphatic heterocycles. The van der Waals surface area contributed by atoms with Gasteiger partial charge in [-0.25, -0.2) is 0 Å². The molecule has 2 aromatic rings. The molecule has 0 heterocycles. The van der Waals surface area contributed by atoms with Crippen LogP contribution in [-0.4, -0.2) is 70.3 Å². The van der Waals surface area contributed by atoms with Gasteiger partial charge in [-0.05, 0) is 35.1 Å². The van der Waals surface area contributed by atoms with E-state index in [-0.39, 0.29) is 51.5 Å². The summed E-state index contributed by atoms with van der Waals surface area (Å²) in [6, 6.07) is 15.5. The fourth-order valence-electron chi connectivity index (χ4n) is 5.17. The summed E-state index contributed by atoms with van der Waals surface area (Å²) in [7, 11) is 0. The molecule has 30 heavy (non-hydrogen) atoms. The molecule has 2 atom stereocenters. The molecule has 0 spiro atoms. The van der Waals surface area contributed by atoms with Crippen molar-refractivity contribution >= 4 is 0 Å². The second-order valence-corrected chi connectivity index (χ2v) is 8.43. The van der Waals surface area contributed by atoms with Crippen LogP contribution in [0.25, 0.3) is 0 Å². The van der Waals surface area contributed by atoms with Gasteiger partial charge >= 0.3 is 0 Å². The molecule has 0 fully saturated rings. The first kappa shape index (κ1) is 22.9. The molecule has 6 nitrogen and oxygen atoms in total. The first-order valence-electron chi connectivity index (χ1n) is 10.4. The summed E-state index contributed by atoms with van der Waals surface area (Å²) >= 11 is 0. The Hall–Kier alpha value is -1.80. The Labute approximate surface area is 177 Å². The molecule has 2 aromatic carbocycles. The predicted molar refractivity (Wildman–Crippen MR) is 113 cm³/mol. The first-order valence-corrected chi connectivity index (χ1v) is 10.4. The number of fused-ring (bicyclic) bond motifs is 2. The van der Waals surface area contributed by atoms with Crippen LogP contribution in [0, 0.1) is 11.8 Å². The summed E-state index contributed by atoms with van der Waals surface area (Å²) in [4.78, 5) is 0. The van der Waals surface area contributed by atoms with Gasteiger partial charge in [0.25, 0.3) is 0 Å². The van der Waals surface area contributed by atoms with E-state index in [0.717, 1.165) is 35.1 Å². The largest absolute Gasteiger partial charge is 0.396 e. The highest BCUT2D eigenvalue weighted by Crippen LogP contribution is 2.43. The SMILES string of the molecule is OC[C@@H]1Cc2ccccc2C1(CO)CO.OC[C@@H]1Cc2ccccc2C1(CO)CO. The number of aliphatic hydroxyl groups is 6. The van der Waals surface area contributed by atoms with Crippen molar-refractivity contribution in [3.63, 3.8) is 0 Å². The van der Waals surface area contributed by atoms with Crippen LogP contribution in [0.5, 0.6) is 0 Å². The van der Waals surface area contributed by atoms with Gasteiger partial charge in [0.15, 0.2) is 0 Å². The van der Waals surface area contributed by atoms with Crippen LogP contribution < -0.4 is 0 Å². The van der Waals surface area contributed by atoms with Crippen LogP contribution >= 0.6 is 0 Å². The molecule has 2 aliphatic rings. The third-order valence-corrected chi connectivity index (χ3v) is 7.17. The smallest absolute Gasteiger partial charge is 0.0553 e. The van der Waals surface area contributed by atoms with Crippen LogP contribution in [0.3, 0.4) is 0 Å². The Kier molecular flexibility index (Phi) is 7.29. The lowest BCUT2D eigenvalue weighted by Crippen LogP contribution is -2.41. The molecule has 164 valence electrons. The van der Waals surface area contributed by atoms with E-state index in [4.69, 9.17) is 0 Å². The van der Waals surface area contributed by atoms with Gasteiger partial charge in [-0.15, -0.1) is 0 Å². The molecule has 0 saturated heterocycles. The molecule has 0 amide bonds. The average molecular weight is 417 g/mol. The molecule has 0 unspecified atom stereocenters. The number of benzene rings is 2. The van der Waals surface area contributed by atoms with Crippen molar-refractivity contribution in [2.75, 3.05) is 39.6 Å². The van der Waals surface area contributed by atoms with Crippen molar-refractivity contribution in [1.29, 1.82) is 0 Å². The minimum Gasteiger partial charge on any atom is -0.396 e. The second-order valence-electron chi connectivity index (χ2n) is 8.43. The summed E-state index contributed by atoms with van der Waals surface area (Å²) in [6.45, 7) is -0.486. The number of hydrogen-bond acceptors (Lipinski definition) is 6. The molecule has 0 radical (unpaired) electrons. The van der Waals surface area contributed by atoms with Crippen LogP contribution in [-0.2, 0) is 23.7 Å². The second kappa shape index (κ2) is 9.56. The Morgan fingerprint density at radius 2 is 0.900 bits per heavy atom. The zero-order chi connectivity index (χ0) is 21.8. The standard InChI is InChI=1S/2C12H16O3/c2*13-6-10-5-9-3-1-2-4-11(9)12(10,7-14)8-15/h2*1-4,10,13-15H,5-8H2/t2*10-/m00/s1. The van der Waals surface area contributed by atoms with Gasteiger partial charge in [0.1, 0.15) is 0 Å².